The van der Waals surface area contributed by atoms with Gasteiger partial charge in [0.15, 0.2) is 0 Å². The normalized spacial score (nSPS) is 27.2. The van der Waals surface area contributed by atoms with Crippen molar-refractivity contribution in [3.63, 3.8) is 0 Å². The third kappa shape index (κ3) is 2.44. The number of hydrogen-bond donors (Lipinski definition) is 1. The minimum Gasteiger partial charge on any atom is -0.376 e. The second-order valence-electron chi connectivity index (χ2n) is 4.67. The standard InChI is InChI=1S/C12H21N3O/c1-3-15-8-10(7-14-15)6-11(13)12-9(2)4-5-16-12/h7-9,11-12H,3-6,13H2,1-2H3. The van der Waals surface area contributed by atoms with Crippen LogP contribution in [-0.2, 0) is 17.7 Å². The van der Waals surface area contributed by atoms with E-state index in [2.05, 4.69) is 25.1 Å². The van der Waals surface area contributed by atoms with Gasteiger partial charge in [0.2, 0.25) is 0 Å². The fourth-order valence-corrected chi connectivity index (χ4v) is 2.34. The molecule has 90 valence electrons. The number of rotatable bonds is 4. The lowest BCUT2D eigenvalue weighted by Crippen LogP contribution is -2.39. The van der Waals surface area contributed by atoms with Gasteiger partial charge in [-0.3, -0.25) is 4.68 Å². The van der Waals surface area contributed by atoms with Crippen LogP contribution in [0.2, 0.25) is 0 Å². The van der Waals surface area contributed by atoms with Gasteiger partial charge >= 0.3 is 0 Å². The molecule has 1 fully saturated rings. The minimum atomic E-state index is 0.0898. The number of aromatic nitrogens is 2. The fourth-order valence-electron chi connectivity index (χ4n) is 2.34. The molecule has 2 rings (SSSR count). The first-order valence-electron chi connectivity index (χ1n) is 6.09. The molecule has 0 bridgehead atoms. The average Bonchev–Trinajstić information content (AvgIpc) is 2.86. The second-order valence-corrected chi connectivity index (χ2v) is 4.67. The van der Waals surface area contributed by atoms with Crippen LogP contribution in [0.15, 0.2) is 12.4 Å². The lowest BCUT2D eigenvalue weighted by atomic mass is 9.94. The largest absolute Gasteiger partial charge is 0.376 e. The molecule has 1 aliphatic rings. The maximum Gasteiger partial charge on any atom is 0.0755 e. The number of nitrogens with zero attached hydrogens (tertiary/aromatic N) is 2. The van der Waals surface area contributed by atoms with E-state index < -0.39 is 0 Å². The Morgan fingerprint density at radius 3 is 3.06 bits per heavy atom. The molecule has 4 heteroatoms. The molecule has 4 nitrogen and oxygen atoms in total. The first-order valence-corrected chi connectivity index (χ1v) is 6.09. The molecule has 0 amide bonds. The number of hydrogen-bond acceptors (Lipinski definition) is 3. The zero-order chi connectivity index (χ0) is 11.5. The van der Waals surface area contributed by atoms with Crippen molar-refractivity contribution >= 4 is 0 Å². The lowest BCUT2D eigenvalue weighted by Gasteiger charge is -2.21. The molecule has 3 atom stereocenters. The van der Waals surface area contributed by atoms with E-state index >= 15 is 0 Å². The van der Waals surface area contributed by atoms with Crippen molar-refractivity contribution in [2.45, 2.75) is 45.4 Å². The molecule has 2 heterocycles. The summed E-state index contributed by atoms with van der Waals surface area (Å²) in [5.41, 5.74) is 7.40. The van der Waals surface area contributed by atoms with Gasteiger partial charge in [-0.1, -0.05) is 6.92 Å². The zero-order valence-electron chi connectivity index (χ0n) is 10.1. The van der Waals surface area contributed by atoms with Crippen LogP contribution in [0, 0.1) is 5.92 Å². The Morgan fingerprint density at radius 1 is 1.69 bits per heavy atom. The molecule has 0 aromatic carbocycles. The third-order valence-corrected chi connectivity index (χ3v) is 3.35. The summed E-state index contributed by atoms with van der Waals surface area (Å²) >= 11 is 0. The first kappa shape index (κ1) is 11.6. The summed E-state index contributed by atoms with van der Waals surface area (Å²) in [7, 11) is 0. The summed E-state index contributed by atoms with van der Waals surface area (Å²) in [6, 6.07) is 0.0898. The zero-order valence-corrected chi connectivity index (χ0v) is 10.1. The van der Waals surface area contributed by atoms with Gasteiger partial charge in [-0.05, 0) is 31.2 Å². The van der Waals surface area contributed by atoms with Crippen LogP contribution in [0.5, 0.6) is 0 Å². The Kier molecular flexibility index (Phi) is 3.61. The summed E-state index contributed by atoms with van der Waals surface area (Å²) in [6.07, 6.45) is 6.18. The molecule has 0 saturated carbocycles. The van der Waals surface area contributed by atoms with Gasteiger partial charge in [-0.2, -0.15) is 5.10 Å². The summed E-state index contributed by atoms with van der Waals surface area (Å²) < 4.78 is 7.61. The Labute approximate surface area is 96.8 Å². The Balaban J connectivity index is 1.93. The Morgan fingerprint density at radius 2 is 2.50 bits per heavy atom. The number of ether oxygens (including phenoxy) is 1. The number of nitrogens with two attached hydrogens (primary N) is 1. The van der Waals surface area contributed by atoms with Crippen LogP contribution in [-0.4, -0.2) is 28.5 Å². The van der Waals surface area contributed by atoms with Crippen LogP contribution in [0.3, 0.4) is 0 Å². The molecule has 3 unspecified atom stereocenters. The molecule has 16 heavy (non-hydrogen) atoms. The molecule has 1 aromatic heterocycles. The molecule has 0 spiro atoms. The van der Waals surface area contributed by atoms with E-state index in [4.69, 9.17) is 10.5 Å². The average molecular weight is 223 g/mol. The maximum absolute atomic E-state index is 6.19. The molecule has 2 N–H and O–H groups in total. The molecular weight excluding hydrogens is 202 g/mol. The molecule has 0 aliphatic carbocycles. The van der Waals surface area contributed by atoms with Gasteiger partial charge in [0, 0.05) is 25.4 Å². The van der Waals surface area contributed by atoms with Gasteiger partial charge in [0.05, 0.1) is 12.3 Å². The first-order chi connectivity index (χ1) is 7.70. The van der Waals surface area contributed by atoms with Gasteiger partial charge < -0.3 is 10.5 Å². The van der Waals surface area contributed by atoms with Gasteiger partial charge in [0.25, 0.3) is 0 Å². The minimum absolute atomic E-state index is 0.0898. The van der Waals surface area contributed by atoms with Crippen molar-refractivity contribution < 1.29 is 4.74 Å². The van der Waals surface area contributed by atoms with Crippen LogP contribution in [0.25, 0.3) is 0 Å². The topological polar surface area (TPSA) is 53.1 Å². The van der Waals surface area contributed by atoms with Crippen molar-refractivity contribution in [2.75, 3.05) is 6.61 Å². The van der Waals surface area contributed by atoms with Crippen molar-refractivity contribution in [3.8, 4) is 0 Å². The highest BCUT2D eigenvalue weighted by molar-refractivity contribution is 5.07. The third-order valence-electron chi connectivity index (χ3n) is 3.35. The highest BCUT2D eigenvalue weighted by Crippen LogP contribution is 2.23. The predicted molar refractivity (Wildman–Crippen MR) is 63.1 cm³/mol. The quantitative estimate of drug-likeness (QED) is 0.834. The molecular formula is C12H21N3O. The summed E-state index contributed by atoms with van der Waals surface area (Å²) in [5.74, 6) is 0.580. The van der Waals surface area contributed by atoms with Crippen molar-refractivity contribution in [2.24, 2.45) is 11.7 Å². The number of aryl methyl sites for hydroxylation is 1. The van der Waals surface area contributed by atoms with Gasteiger partial charge in [-0.25, -0.2) is 0 Å². The van der Waals surface area contributed by atoms with Crippen molar-refractivity contribution in [1.29, 1.82) is 0 Å². The van der Waals surface area contributed by atoms with Gasteiger partial charge in [0.1, 0.15) is 0 Å². The van der Waals surface area contributed by atoms with Crippen molar-refractivity contribution in [3.05, 3.63) is 18.0 Å². The molecule has 1 aromatic rings. The maximum atomic E-state index is 6.19. The predicted octanol–water partition coefficient (Wildman–Crippen LogP) is 1.20. The van der Waals surface area contributed by atoms with E-state index in [1.807, 2.05) is 10.9 Å². The van der Waals surface area contributed by atoms with Gasteiger partial charge in [-0.15, -0.1) is 0 Å². The van der Waals surface area contributed by atoms with E-state index in [9.17, 15) is 0 Å². The summed E-state index contributed by atoms with van der Waals surface area (Å²) in [4.78, 5) is 0. The van der Waals surface area contributed by atoms with Crippen LogP contribution >= 0.6 is 0 Å². The van der Waals surface area contributed by atoms with E-state index in [1.165, 1.54) is 5.56 Å². The molecule has 1 aliphatic heterocycles. The molecule has 0 radical (unpaired) electrons. The fraction of sp³-hybridized carbons (Fsp3) is 0.750. The van der Waals surface area contributed by atoms with Crippen molar-refractivity contribution in [1.82, 2.24) is 9.78 Å². The highest BCUT2D eigenvalue weighted by Gasteiger charge is 2.29. The SMILES string of the molecule is CCn1cc(CC(N)C2OCCC2C)cn1. The van der Waals surface area contributed by atoms with Crippen LogP contribution in [0.4, 0.5) is 0 Å². The highest BCUT2D eigenvalue weighted by atomic mass is 16.5. The Bertz CT molecular complexity index is 337. The van der Waals surface area contributed by atoms with Crippen LogP contribution in [0.1, 0.15) is 25.8 Å². The Hall–Kier alpha value is -0.870. The van der Waals surface area contributed by atoms with E-state index in [1.54, 1.807) is 0 Å². The lowest BCUT2D eigenvalue weighted by molar-refractivity contribution is 0.0726. The monoisotopic (exact) mass is 223 g/mol. The van der Waals surface area contributed by atoms with E-state index in [0.29, 0.717) is 5.92 Å². The summed E-state index contributed by atoms with van der Waals surface area (Å²) in [5, 5.41) is 4.25. The molecule has 1 saturated heterocycles. The summed E-state index contributed by atoms with van der Waals surface area (Å²) in [6.45, 7) is 6.06. The second kappa shape index (κ2) is 4.97. The smallest absolute Gasteiger partial charge is 0.0755 e. The van der Waals surface area contributed by atoms with E-state index in [-0.39, 0.29) is 12.1 Å². The van der Waals surface area contributed by atoms with E-state index in [0.717, 1.165) is 26.0 Å². The van der Waals surface area contributed by atoms with Crippen LogP contribution < -0.4 is 5.73 Å².